The number of nitrogens with two attached hydrogens (primary N) is 1. The van der Waals surface area contributed by atoms with Gasteiger partial charge in [0.1, 0.15) is 11.6 Å². The average molecular weight is 666 g/mol. The zero-order valence-corrected chi connectivity index (χ0v) is 28.1. The standard InChI is InChI=1S/C48H31N3O/c49-41-29-31(28-40-46(41)52-45-25-13-10-22-39(45)48(40)37-20-8-6-17-34(37)35-18-7-9-21-38(35)48)32-26-27-43(36-19-5-4-16-33(32)36)51-44-24-12-11-23-42(44)50-47(51)30-14-2-1-3-15-30/h1-29H,49H2. The number of rotatable bonds is 3. The molecule has 52 heavy (non-hydrogen) atoms. The van der Waals surface area contributed by atoms with E-state index in [4.69, 9.17) is 15.5 Å². The van der Waals surface area contributed by atoms with Crippen molar-refractivity contribution in [1.29, 1.82) is 0 Å². The van der Waals surface area contributed by atoms with E-state index >= 15 is 0 Å². The van der Waals surface area contributed by atoms with E-state index in [1.54, 1.807) is 0 Å². The van der Waals surface area contributed by atoms with Crippen LogP contribution in [0.2, 0.25) is 0 Å². The summed E-state index contributed by atoms with van der Waals surface area (Å²) >= 11 is 0. The fourth-order valence-corrected chi connectivity index (χ4v) is 8.92. The van der Waals surface area contributed by atoms with Crippen LogP contribution in [-0.4, -0.2) is 9.55 Å². The van der Waals surface area contributed by atoms with Crippen molar-refractivity contribution in [3.8, 4) is 50.8 Å². The number of para-hydroxylation sites is 3. The lowest BCUT2D eigenvalue weighted by molar-refractivity contribution is 0.439. The zero-order chi connectivity index (χ0) is 34.4. The molecule has 1 aliphatic carbocycles. The smallest absolute Gasteiger partial charge is 0.155 e. The van der Waals surface area contributed by atoms with E-state index in [9.17, 15) is 0 Å². The number of imidazole rings is 1. The molecule has 1 aliphatic heterocycles. The minimum absolute atomic E-state index is 0.600. The molecule has 2 heterocycles. The van der Waals surface area contributed by atoms with Gasteiger partial charge in [-0.3, -0.25) is 4.57 Å². The fraction of sp³-hybridized carbons (Fsp3) is 0.0208. The van der Waals surface area contributed by atoms with Crippen LogP contribution in [-0.2, 0) is 5.41 Å². The molecule has 0 saturated carbocycles. The quantitative estimate of drug-likeness (QED) is 0.191. The maximum atomic E-state index is 7.09. The van der Waals surface area contributed by atoms with E-state index in [-0.39, 0.29) is 0 Å². The monoisotopic (exact) mass is 665 g/mol. The lowest BCUT2D eigenvalue weighted by Gasteiger charge is -2.40. The lowest BCUT2D eigenvalue weighted by atomic mass is 9.65. The summed E-state index contributed by atoms with van der Waals surface area (Å²) in [6.45, 7) is 0. The van der Waals surface area contributed by atoms with Gasteiger partial charge in [0.2, 0.25) is 0 Å². The van der Waals surface area contributed by atoms with Gasteiger partial charge in [-0.1, -0.05) is 140 Å². The largest absolute Gasteiger partial charge is 0.455 e. The number of anilines is 1. The van der Waals surface area contributed by atoms with Gasteiger partial charge in [0.05, 0.1) is 27.8 Å². The van der Waals surface area contributed by atoms with Crippen molar-refractivity contribution in [2.45, 2.75) is 5.41 Å². The van der Waals surface area contributed by atoms with Gasteiger partial charge >= 0.3 is 0 Å². The normalized spacial score (nSPS) is 13.4. The van der Waals surface area contributed by atoms with E-state index < -0.39 is 5.41 Å². The number of aromatic nitrogens is 2. The Morgan fingerprint density at radius 2 is 1.13 bits per heavy atom. The Balaban J connectivity index is 1.18. The summed E-state index contributed by atoms with van der Waals surface area (Å²) in [6, 6.07) is 62.3. The molecule has 11 rings (SSSR count). The van der Waals surface area contributed by atoms with Gasteiger partial charge in [-0.05, 0) is 75.2 Å². The molecule has 0 amide bonds. The van der Waals surface area contributed by atoms with E-state index in [0.29, 0.717) is 11.4 Å². The van der Waals surface area contributed by atoms with Crippen molar-refractivity contribution in [1.82, 2.24) is 9.55 Å². The lowest BCUT2D eigenvalue weighted by Crippen LogP contribution is -2.32. The Kier molecular flexibility index (Phi) is 5.99. The van der Waals surface area contributed by atoms with Crippen LogP contribution < -0.4 is 10.5 Å². The predicted octanol–water partition coefficient (Wildman–Crippen LogP) is 11.6. The Labute approximate surface area is 301 Å². The van der Waals surface area contributed by atoms with Crippen molar-refractivity contribution >= 4 is 27.5 Å². The molecule has 8 aromatic carbocycles. The van der Waals surface area contributed by atoms with Crippen LogP contribution in [0.4, 0.5) is 5.69 Å². The first-order valence-corrected chi connectivity index (χ1v) is 17.7. The zero-order valence-electron chi connectivity index (χ0n) is 28.1. The molecule has 0 radical (unpaired) electrons. The first-order chi connectivity index (χ1) is 25.7. The number of benzene rings is 8. The molecule has 9 aromatic rings. The third kappa shape index (κ3) is 3.83. The highest BCUT2D eigenvalue weighted by atomic mass is 16.5. The molecular formula is C48H31N3O. The molecular weight excluding hydrogens is 635 g/mol. The second-order valence-electron chi connectivity index (χ2n) is 13.7. The first-order valence-electron chi connectivity index (χ1n) is 17.7. The molecule has 1 spiro atoms. The molecule has 1 aromatic heterocycles. The molecule has 0 unspecified atom stereocenters. The van der Waals surface area contributed by atoms with Crippen molar-refractivity contribution in [2.75, 3.05) is 5.73 Å². The summed E-state index contributed by atoms with van der Waals surface area (Å²) < 4.78 is 9.03. The Morgan fingerprint density at radius 1 is 0.500 bits per heavy atom. The summed E-state index contributed by atoms with van der Waals surface area (Å²) in [6.07, 6.45) is 0. The van der Waals surface area contributed by atoms with Crippen LogP contribution in [0.15, 0.2) is 176 Å². The summed E-state index contributed by atoms with van der Waals surface area (Å²) in [5.74, 6) is 2.46. The maximum Gasteiger partial charge on any atom is 0.155 e. The number of hydrogen-bond donors (Lipinski definition) is 1. The van der Waals surface area contributed by atoms with Crippen molar-refractivity contribution in [2.24, 2.45) is 0 Å². The van der Waals surface area contributed by atoms with Gasteiger partial charge in [0, 0.05) is 22.1 Å². The van der Waals surface area contributed by atoms with E-state index in [1.807, 2.05) is 18.2 Å². The van der Waals surface area contributed by atoms with Crippen molar-refractivity contribution in [3.05, 3.63) is 198 Å². The highest BCUT2D eigenvalue weighted by Crippen LogP contribution is 2.63. The SMILES string of the molecule is Nc1cc(-c2ccc(-n3c(-c4ccccc4)nc4ccccc43)c3ccccc23)cc2c1Oc1ccccc1C21c2ccccc2-c2ccccc21. The number of hydrogen-bond acceptors (Lipinski definition) is 3. The van der Waals surface area contributed by atoms with Crippen LogP contribution in [0.1, 0.15) is 22.3 Å². The molecule has 4 heteroatoms. The second kappa shape index (κ2) is 10.8. The predicted molar refractivity (Wildman–Crippen MR) is 211 cm³/mol. The number of fused-ring (bicyclic) bond motifs is 11. The number of ether oxygens (including phenoxy) is 1. The van der Waals surface area contributed by atoms with Gasteiger partial charge in [-0.15, -0.1) is 0 Å². The molecule has 4 nitrogen and oxygen atoms in total. The van der Waals surface area contributed by atoms with Crippen LogP contribution in [0.3, 0.4) is 0 Å². The Morgan fingerprint density at radius 3 is 1.92 bits per heavy atom. The third-order valence-corrected chi connectivity index (χ3v) is 11.0. The van der Waals surface area contributed by atoms with Crippen molar-refractivity contribution < 1.29 is 4.74 Å². The van der Waals surface area contributed by atoms with Crippen LogP contribution in [0.25, 0.3) is 61.1 Å². The third-order valence-electron chi connectivity index (χ3n) is 11.0. The minimum atomic E-state index is -0.600. The number of nitrogen functional groups attached to an aromatic ring is 1. The van der Waals surface area contributed by atoms with E-state index in [0.717, 1.165) is 66.9 Å². The van der Waals surface area contributed by atoms with Crippen molar-refractivity contribution in [3.63, 3.8) is 0 Å². The van der Waals surface area contributed by atoms with Gasteiger partial charge in [-0.25, -0.2) is 4.98 Å². The Hall–Kier alpha value is -6.91. The molecule has 0 bridgehead atoms. The van der Waals surface area contributed by atoms with E-state index in [2.05, 4.69) is 162 Å². The van der Waals surface area contributed by atoms with Gasteiger partial charge in [-0.2, -0.15) is 0 Å². The van der Waals surface area contributed by atoms with Gasteiger partial charge < -0.3 is 10.5 Å². The summed E-state index contributed by atoms with van der Waals surface area (Å²) in [4.78, 5) is 5.13. The maximum absolute atomic E-state index is 7.09. The highest BCUT2D eigenvalue weighted by molar-refractivity contribution is 6.04. The summed E-state index contributed by atoms with van der Waals surface area (Å²) in [7, 11) is 0. The fourth-order valence-electron chi connectivity index (χ4n) is 8.92. The molecule has 0 fully saturated rings. The van der Waals surface area contributed by atoms with Crippen LogP contribution >= 0.6 is 0 Å². The highest BCUT2D eigenvalue weighted by Gasteiger charge is 2.51. The minimum Gasteiger partial charge on any atom is -0.455 e. The van der Waals surface area contributed by atoms with E-state index in [1.165, 1.54) is 22.3 Å². The molecule has 0 atom stereocenters. The Bertz CT molecular complexity index is 2860. The summed E-state index contributed by atoms with van der Waals surface area (Å²) in [5.41, 5.74) is 20.5. The molecule has 244 valence electrons. The van der Waals surface area contributed by atoms with Crippen LogP contribution in [0.5, 0.6) is 11.5 Å². The molecule has 2 N–H and O–H groups in total. The topological polar surface area (TPSA) is 53.1 Å². The molecule has 2 aliphatic rings. The van der Waals surface area contributed by atoms with Gasteiger partial charge in [0.15, 0.2) is 5.75 Å². The first kappa shape index (κ1) is 28.9. The van der Waals surface area contributed by atoms with Gasteiger partial charge in [0.25, 0.3) is 0 Å². The second-order valence-corrected chi connectivity index (χ2v) is 13.7. The summed E-state index contributed by atoms with van der Waals surface area (Å²) in [5, 5.41) is 2.26. The average Bonchev–Trinajstić information content (AvgIpc) is 3.73. The number of nitrogens with zero attached hydrogens (tertiary/aromatic N) is 2. The van der Waals surface area contributed by atoms with Crippen LogP contribution in [0, 0.1) is 0 Å². The molecule has 0 saturated heterocycles.